The molecule has 0 aromatic rings. The van der Waals surface area contributed by atoms with Gasteiger partial charge in [-0.3, -0.25) is 4.55 Å². The normalized spacial score (nSPS) is 13.6. The summed E-state index contributed by atoms with van der Waals surface area (Å²) in [6.07, 6.45) is 0. The molecule has 0 unspecified atom stereocenters. The van der Waals surface area contributed by atoms with Crippen molar-refractivity contribution in [3.8, 4) is 0 Å². The van der Waals surface area contributed by atoms with Crippen LogP contribution in [0.15, 0.2) is 0 Å². The Bertz CT molecular complexity index is 594. The Morgan fingerprint density at radius 1 is 0.472 bits per heavy atom. The molecular weight excluding hydrogens is 808 g/mol. The van der Waals surface area contributed by atoms with E-state index in [9.17, 15) is 13.2 Å². The van der Waals surface area contributed by atoms with Crippen LogP contribution < -0.4 is 0 Å². The maximum atomic E-state index is 10.7. The summed E-state index contributed by atoms with van der Waals surface area (Å²) >= 11 is 0. The molecule has 0 atom stereocenters. The largest absolute Gasteiger partial charge is 0.668 e. The predicted molar refractivity (Wildman–Crippen MR) is 168 cm³/mol. The quantitative estimate of drug-likeness (QED) is 0.164. The Morgan fingerprint density at radius 3 is 0.556 bits per heavy atom. The molecular formula is C19H55F3N3O3SSi6Th-3. The van der Waals surface area contributed by atoms with Crippen LogP contribution in [0, 0.1) is 39.9 Å². The van der Waals surface area contributed by atoms with Crippen molar-refractivity contribution in [3.05, 3.63) is 13.9 Å². The molecule has 0 aromatic heterocycles. The SMILES string of the molecule is C[Si](C)(C)[N-][Si](C)(C)C.C[Si](C)(C)[N-][Si](C)(C)C.C[Si](C)(C)[N-][Si](C)(C)C.O=S(=O)(O)C(F)(F)F.[Th]. The second-order valence-electron chi connectivity index (χ2n) is 14.3. The van der Waals surface area contributed by atoms with Crippen LogP contribution in [0.4, 0.5) is 13.2 Å². The van der Waals surface area contributed by atoms with E-state index in [0.29, 0.717) is 0 Å². The number of hydrogen-bond donors (Lipinski definition) is 1. The van der Waals surface area contributed by atoms with E-state index in [1.54, 1.807) is 0 Å². The molecule has 0 aliphatic carbocycles. The fraction of sp³-hybridized carbons (Fsp3) is 1.00. The molecule has 0 spiro atoms. The van der Waals surface area contributed by atoms with Crippen LogP contribution in [0.5, 0.6) is 0 Å². The summed E-state index contributed by atoms with van der Waals surface area (Å²) in [6, 6.07) is 0. The Labute approximate surface area is 260 Å². The molecule has 0 aromatic carbocycles. The molecule has 0 fully saturated rings. The zero-order valence-corrected chi connectivity index (χ0v) is 37.1. The molecule has 17 heteroatoms. The average Bonchev–Trinajstić information content (AvgIpc) is 2.22. The number of halogens is 3. The summed E-state index contributed by atoms with van der Waals surface area (Å²) in [5, 5.41) is 0. The van der Waals surface area contributed by atoms with Gasteiger partial charge in [-0.05, 0) is 0 Å². The van der Waals surface area contributed by atoms with E-state index in [0.717, 1.165) is 0 Å². The third kappa shape index (κ3) is 52.6. The zero-order chi connectivity index (χ0) is 30.1. The number of alkyl halides is 3. The van der Waals surface area contributed by atoms with E-state index >= 15 is 0 Å². The van der Waals surface area contributed by atoms with Crippen molar-refractivity contribution >= 4 is 59.5 Å². The topological polar surface area (TPSA) is 96.7 Å². The molecule has 222 valence electrons. The third-order valence-electron chi connectivity index (χ3n) is 2.30. The molecule has 0 rings (SSSR count). The fourth-order valence-corrected chi connectivity index (χ4v) is 27.2. The van der Waals surface area contributed by atoms with Gasteiger partial charge in [0.15, 0.2) is 0 Å². The molecule has 0 radical (unpaired) electrons. The fourth-order valence-electron chi connectivity index (χ4n) is 3.02. The Balaban J connectivity index is -0.000000118. The van der Waals surface area contributed by atoms with Gasteiger partial charge in [-0.15, -0.1) is 0 Å². The Kier molecular flexibility index (Phi) is 23.0. The summed E-state index contributed by atoms with van der Waals surface area (Å²) in [5.74, 6) is 0. The number of hydrogen-bond acceptors (Lipinski definition) is 2. The molecule has 0 amide bonds. The molecule has 0 saturated heterocycles. The van der Waals surface area contributed by atoms with Gasteiger partial charge in [-0.1, -0.05) is 167 Å². The van der Waals surface area contributed by atoms with Crippen LogP contribution in [0.1, 0.15) is 0 Å². The maximum Gasteiger partial charge on any atom is 0.522 e. The van der Waals surface area contributed by atoms with Crippen molar-refractivity contribution in [2.24, 2.45) is 0 Å². The van der Waals surface area contributed by atoms with Crippen LogP contribution in [0.3, 0.4) is 0 Å². The minimum absolute atomic E-state index is 0. The van der Waals surface area contributed by atoms with Gasteiger partial charge in [-0.2, -0.15) is 21.6 Å². The number of rotatable bonds is 6. The minimum atomic E-state index is -5.84. The van der Waals surface area contributed by atoms with Crippen LogP contribution in [0.25, 0.3) is 13.9 Å². The van der Waals surface area contributed by atoms with Gasteiger partial charge in [0.2, 0.25) is 0 Å². The van der Waals surface area contributed by atoms with Crippen molar-refractivity contribution in [1.29, 1.82) is 0 Å². The van der Waals surface area contributed by atoms with Gasteiger partial charge in [-0.25, -0.2) is 0 Å². The zero-order valence-electron chi connectivity index (χ0n) is 26.1. The third-order valence-corrected chi connectivity index (χ3v) is 19.0. The van der Waals surface area contributed by atoms with Crippen LogP contribution in [-0.4, -0.2) is 67.9 Å². The van der Waals surface area contributed by atoms with Crippen molar-refractivity contribution < 1.29 is 66.1 Å². The first-order valence-corrected chi connectivity index (χ1v) is 33.8. The van der Waals surface area contributed by atoms with Crippen molar-refractivity contribution in [3.63, 3.8) is 0 Å². The van der Waals surface area contributed by atoms with Crippen LogP contribution >= 0.6 is 0 Å². The summed E-state index contributed by atoms with van der Waals surface area (Å²) in [4.78, 5) is 0. The van der Waals surface area contributed by atoms with E-state index in [4.69, 9.17) is 26.9 Å². The molecule has 0 bridgehead atoms. The van der Waals surface area contributed by atoms with Crippen LogP contribution in [0.2, 0.25) is 118 Å². The Hall–Kier alpha value is 2.21. The molecule has 1 N–H and O–H groups in total. The summed E-state index contributed by atoms with van der Waals surface area (Å²) in [6.45, 7) is 41.3. The molecule has 0 aliphatic heterocycles. The standard InChI is InChI=1S/3C6H18NSi2.CHF3O3S.Th/c3*1-8(2,3)7-9(4,5)6;2-1(3,4)8(5,6)7;/h3*1-6H3;(H,5,6,7);/q3*-1;;. The van der Waals surface area contributed by atoms with Gasteiger partial charge in [0.1, 0.15) is 0 Å². The minimum Gasteiger partial charge on any atom is -0.668 e. The predicted octanol–water partition coefficient (Wildman–Crippen LogP) is 9.48. The summed E-state index contributed by atoms with van der Waals surface area (Å²) in [7, 11) is -12.5. The Morgan fingerprint density at radius 2 is 0.556 bits per heavy atom. The second-order valence-corrected chi connectivity index (χ2v) is 44.4. The number of nitrogens with zero attached hydrogens (tertiary/aromatic N) is 3. The maximum absolute atomic E-state index is 10.7. The van der Waals surface area contributed by atoms with Gasteiger partial charge in [0.05, 0.1) is 0 Å². The van der Waals surface area contributed by atoms with E-state index < -0.39 is 65.0 Å². The molecule has 6 nitrogen and oxygen atoms in total. The smallest absolute Gasteiger partial charge is 0.522 e. The van der Waals surface area contributed by atoms with E-state index in [-0.39, 0.29) is 39.9 Å². The summed E-state index contributed by atoms with van der Waals surface area (Å²) in [5.41, 5.74) is -5.53. The molecule has 0 aliphatic rings. The van der Waals surface area contributed by atoms with E-state index in [1.807, 2.05) is 0 Å². The molecule has 36 heavy (non-hydrogen) atoms. The van der Waals surface area contributed by atoms with Crippen molar-refractivity contribution in [2.75, 3.05) is 0 Å². The molecule has 0 saturated carbocycles. The summed E-state index contributed by atoms with van der Waals surface area (Å²) < 4.78 is 72.0. The second kappa shape index (κ2) is 17.2. The van der Waals surface area contributed by atoms with Gasteiger partial charge in [0, 0.05) is 39.9 Å². The van der Waals surface area contributed by atoms with E-state index in [1.165, 1.54) is 0 Å². The molecule has 0 heterocycles. The first-order chi connectivity index (χ1) is 14.4. The van der Waals surface area contributed by atoms with Gasteiger partial charge in [0.25, 0.3) is 0 Å². The average molecular weight is 863 g/mol. The van der Waals surface area contributed by atoms with E-state index in [2.05, 4.69) is 118 Å². The van der Waals surface area contributed by atoms with Crippen molar-refractivity contribution in [1.82, 2.24) is 0 Å². The first-order valence-electron chi connectivity index (χ1n) is 11.6. The van der Waals surface area contributed by atoms with Gasteiger partial charge < -0.3 is 13.9 Å². The van der Waals surface area contributed by atoms with Crippen molar-refractivity contribution in [2.45, 2.75) is 123 Å². The first kappa shape index (κ1) is 48.0. The van der Waals surface area contributed by atoms with Crippen LogP contribution in [-0.2, 0) is 10.1 Å². The van der Waals surface area contributed by atoms with Gasteiger partial charge >= 0.3 is 15.6 Å². The monoisotopic (exact) mass is 862 g/mol.